The zero-order chi connectivity index (χ0) is 12.5. The van der Waals surface area contributed by atoms with Crippen LogP contribution in [0, 0.1) is 5.92 Å². The Morgan fingerprint density at radius 3 is 2.88 bits per heavy atom. The van der Waals surface area contributed by atoms with Crippen LogP contribution in [0.25, 0.3) is 0 Å². The molecule has 4 nitrogen and oxygen atoms in total. The van der Waals surface area contributed by atoms with Crippen molar-refractivity contribution in [3.8, 4) is 0 Å². The van der Waals surface area contributed by atoms with Gasteiger partial charge in [0, 0.05) is 6.42 Å². The number of rotatable bonds is 6. The Balaban J connectivity index is 2.11. The number of oxime groups is 1. The van der Waals surface area contributed by atoms with Gasteiger partial charge in [0.25, 0.3) is 0 Å². The average molecular weight is 241 g/mol. The highest BCUT2D eigenvalue weighted by Crippen LogP contribution is 2.20. The van der Waals surface area contributed by atoms with E-state index in [-0.39, 0.29) is 0 Å². The van der Waals surface area contributed by atoms with E-state index < -0.39 is 0 Å². The molecule has 0 bridgehead atoms. The molecule has 0 saturated carbocycles. The van der Waals surface area contributed by atoms with Gasteiger partial charge in [-0.05, 0) is 57.7 Å². The van der Waals surface area contributed by atoms with E-state index in [1.165, 1.54) is 38.8 Å². The SMILES string of the molecule is CCC1CCCN(CCCCC(N)=NO)CC1. The van der Waals surface area contributed by atoms with Crippen molar-refractivity contribution >= 4 is 5.84 Å². The van der Waals surface area contributed by atoms with E-state index in [2.05, 4.69) is 17.0 Å². The quantitative estimate of drug-likeness (QED) is 0.247. The van der Waals surface area contributed by atoms with Gasteiger partial charge in [-0.1, -0.05) is 18.5 Å². The lowest BCUT2D eigenvalue weighted by Gasteiger charge is -2.19. The largest absolute Gasteiger partial charge is 0.409 e. The maximum atomic E-state index is 8.43. The molecule has 1 heterocycles. The van der Waals surface area contributed by atoms with E-state index in [1.807, 2.05) is 0 Å². The molecule has 4 heteroatoms. The molecule has 3 N–H and O–H groups in total. The summed E-state index contributed by atoms with van der Waals surface area (Å²) in [5, 5.41) is 11.4. The third-order valence-electron chi connectivity index (χ3n) is 3.80. The Kier molecular flexibility index (Phi) is 7.01. The summed E-state index contributed by atoms with van der Waals surface area (Å²) < 4.78 is 0. The fourth-order valence-electron chi connectivity index (χ4n) is 2.55. The first-order valence-corrected chi connectivity index (χ1v) is 6.95. The number of hydrogen-bond acceptors (Lipinski definition) is 3. The minimum atomic E-state index is 0.354. The molecule has 1 atom stereocenters. The highest BCUT2D eigenvalue weighted by atomic mass is 16.4. The van der Waals surface area contributed by atoms with Crippen molar-refractivity contribution in [1.29, 1.82) is 0 Å². The van der Waals surface area contributed by atoms with Crippen molar-refractivity contribution in [1.82, 2.24) is 4.90 Å². The van der Waals surface area contributed by atoms with Gasteiger partial charge in [-0.2, -0.15) is 0 Å². The molecule has 0 spiro atoms. The van der Waals surface area contributed by atoms with Crippen molar-refractivity contribution in [2.75, 3.05) is 19.6 Å². The second-order valence-corrected chi connectivity index (χ2v) is 5.10. The van der Waals surface area contributed by atoms with Gasteiger partial charge in [0.1, 0.15) is 5.84 Å². The van der Waals surface area contributed by atoms with Crippen LogP contribution in [0.2, 0.25) is 0 Å². The highest BCUT2D eigenvalue weighted by molar-refractivity contribution is 5.79. The van der Waals surface area contributed by atoms with Crippen LogP contribution in [0.15, 0.2) is 5.16 Å². The van der Waals surface area contributed by atoms with E-state index in [0.717, 1.165) is 25.3 Å². The molecule has 0 aromatic rings. The van der Waals surface area contributed by atoms with Crippen LogP contribution in [0.5, 0.6) is 0 Å². The third-order valence-corrected chi connectivity index (χ3v) is 3.80. The second kappa shape index (κ2) is 8.34. The summed E-state index contributed by atoms with van der Waals surface area (Å²) in [6.07, 6.45) is 8.31. The Hall–Kier alpha value is -0.770. The van der Waals surface area contributed by atoms with Gasteiger partial charge in [-0.25, -0.2) is 0 Å². The van der Waals surface area contributed by atoms with Crippen LogP contribution in [-0.4, -0.2) is 35.6 Å². The predicted molar refractivity (Wildman–Crippen MR) is 71.3 cm³/mol. The Morgan fingerprint density at radius 2 is 2.18 bits per heavy atom. The summed E-state index contributed by atoms with van der Waals surface area (Å²) >= 11 is 0. The number of unbranched alkanes of at least 4 members (excludes halogenated alkanes) is 1. The van der Waals surface area contributed by atoms with Gasteiger partial charge >= 0.3 is 0 Å². The minimum Gasteiger partial charge on any atom is -0.409 e. The normalized spacial score (nSPS) is 23.6. The van der Waals surface area contributed by atoms with Crippen LogP contribution in [0.1, 0.15) is 51.9 Å². The molecular formula is C13H27N3O. The Bertz CT molecular complexity index is 231. The zero-order valence-electron chi connectivity index (χ0n) is 11.1. The first-order valence-electron chi connectivity index (χ1n) is 6.95. The van der Waals surface area contributed by atoms with Gasteiger partial charge in [0.15, 0.2) is 0 Å². The zero-order valence-corrected chi connectivity index (χ0v) is 11.1. The fraction of sp³-hybridized carbons (Fsp3) is 0.923. The van der Waals surface area contributed by atoms with Crippen LogP contribution in [-0.2, 0) is 0 Å². The number of nitrogens with zero attached hydrogens (tertiary/aromatic N) is 2. The molecule has 0 amide bonds. The van der Waals surface area contributed by atoms with Gasteiger partial charge in [-0.3, -0.25) is 0 Å². The second-order valence-electron chi connectivity index (χ2n) is 5.10. The smallest absolute Gasteiger partial charge is 0.139 e. The molecule has 0 aromatic heterocycles. The van der Waals surface area contributed by atoms with Crippen molar-refractivity contribution < 1.29 is 5.21 Å². The van der Waals surface area contributed by atoms with E-state index in [1.54, 1.807) is 0 Å². The third kappa shape index (κ3) is 5.91. The van der Waals surface area contributed by atoms with Gasteiger partial charge in [-0.15, -0.1) is 0 Å². The maximum absolute atomic E-state index is 8.43. The van der Waals surface area contributed by atoms with E-state index in [9.17, 15) is 0 Å². The predicted octanol–water partition coefficient (Wildman–Crippen LogP) is 2.42. The molecule has 1 saturated heterocycles. The van der Waals surface area contributed by atoms with Gasteiger partial charge in [0.05, 0.1) is 0 Å². The average Bonchev–Trinajstić information content (AvgIpc) is 2.59. The summed E-state index contributed by atoms with van der Waals surface area (Å²) in [4.78, 5) is 2.57. The summed E-state index contributed by atoms with van der Waals surface area (Å²) in [6, 6.07) is 0. The molecule has 1 aliphatic heterocycles. The Labute approximate surface area is 105 Å². The van der Waals surface area contributed by atoms with E-state index >= 15 is 0 Å². The van der Waals surface area contributed by atoms with Crippen molar-refractivity contribution in [2.45, 2.75) is 51.9 Å². The summed E-state index contributed by atoms with van der Waals surface area (Å²) in [7, 11) is 0. The summed E-state index contributed by atoms with van der Waals surface area (Å²) in [6.45, 7) is 5.97. The van der Waals surface area contributed by atoms with Crippen LogP contribution in [0.4, 0.5) is 0 Å². The summed E-state index contributed by atoms with van der Waals surface area (Å²) in [5.41, 5.74) is 5.44. The van der Waals surface area contributed by atoms with Crippen LogP contribution < -0.4 is 5.73 Å². The van der Waals surface area contributed by atoms with Crippen molar-refractivity contribution in [3.63, 3.8) is 0 Å². The molecule has 1 fully saturated rings. The van der Waals surface area contributed by atoms with E-state index in [0.29, 0.717) is 12.3 Å². The lowest BCUT2D eigenvalue weighted by atomic mass is 9.98. The molecule has 0 aromatic carbocycles. The lowest BCUT2D eigenvalue weighted by molar-refractivity contribution is 0.274. The topological polar surface area (TPSA) is 61.8 Å². The molecule has 0 radical (unpaired) electrons. The molecule has 100 valence electrons. The number of likely N-dealkylation sites (tertiary alicyclic amines) is 1. The number of amidine groups is 1. The first-order chi connectivity index (χ1) is 8.26. The molecule has 1 aliphatic rings. The standard InChI is InChI=1S/C13H27N3O/c1-2-12-6-5-10-16(11-8-12)9-4-3-7-13(14)15-17/h12,17H,2-11H2,1H3,(H2,14,15). The molecule has 1 rings (SSSR count). The first kappa shape index (κ1) is 14.3. The number of nitrogens with two attached hydrogens (primary N) is 1. The monoisotopic (exact) mass is 241 g/mol. The lowest BCUT2D eigenvalue weighted by Crippen LogP contribution is -2.26. The fourth-order valence-corrected chi connectivity index (χ4v) is 2.55. The van der Waals surface area contributed by atoms with Crippen LogP contribution in [0.3, 0.4) is 0 Å². The Morgan fingerprint density at radius 1 is 1.35 bits per heavy atom. The molecule has 1 unspecified atom stereocenters. The van der Waals surface area contributed by atoms with Crippen molar-refractivity contribution in [2.24, 2.45) is 16.8 Å². The maximum Gasteiger partial charge on any atom is 0.139 e. The number of hydrogen-bond donors (Lipinski definition) is 2. The van der Waals surface area contributed by atoms with Crippen LogP contribution >= 0.6 is 0 Å². The highest BCUT2D eigenvalue weighted by Gasteiger charge is 2.14. The molecule has 17 heavy (non-hydrogen) atoms. The molecular weight excluding hydrogens is 214 g/mol. The molecule has 0 aliphatic carbocycles. The van der Waals surface area contributed by atoms with Gasteiger partial charge < -0.3 is 15.8 Å². The van der Waals surface area contributed by atoms with Crippen molar-refractivity contribution in [3.05, 3.63) is 0 Å². The summed E-state index contributed by atoms with van der Waals surface area (Å²) in [5.74, 6) is 1.30. The van der Waals surface area contributed by atoms with Gasteiger partial charge in [0.2, 0.25) is 0 Å². The minimum absolute atomic E-state index is 0.354. The van der Waals surface area contributed by atoms with E-state index in [4.69, 9.17) is 10.9 Å².